The summed E-state index contributed by atoms with van der Waals surface area (Å²) in [6, 6.07) is 14.4. The number of nitrogens with zero attached hydrogens (tertiary/aromatic N) is 2. The highest BCUT2D eigenvalue weighted by atomic mass is 35.5. The summed E-state index contributed by atoms with van der Waals surface area (Å²) in [4.78, 5) is 16.3. The number of imidazole rings is 1. The molecule has 32 heavy (non-hydrogen) atoms. The van der Waals surface area contributed by atoms with Crippen molar-refractivity contribution in [1.29, 1.82) is 0 Å². The smallest absolute Gasteiger partial charge is 0.338 e. The molecule has 3 atom stereocenters. The lowest BCUT2D eigenvalue weighted by Crippen LogP contribution is -2.33. The lowest BCUT2D eigenvalue weighted by atomic mass is 10.0. The van der Waals surface area contributed by atoms with Crippen LogP contribution in [0.4, 0.5) is 0 Å². The van der Waals surface area contributed by atoms with E-state index < -0.39 is 0 Å². The van der Waals surface area contributed by atoms with Crippen molar-refractivity contribution < 1.29 is 19.0 Å². The molecule has 3 unspecified atom stereocenters. The van der Waals surface area contributed by atoms with Gasteiger partial charge in [0.1, 0.15) is 6.23 Å². The summed E-state index contributed by atoms with van der Waals surface area (Å²) in [7, 11) is 0. The minimum Gasteiger partial charge on any atom is -0.462 e. The molecule has 1 saturated heterocycles. The van der Waals surface area contributed by atoms with E-state index in [1.54, 1.807) is 30.7 Å². The number of carbonyl (C=O) groups excluding carboxylic acids is 1. The number of hydrogen-bond acceptors (Lipinski definition) is 5. The van der Waals surface area contributed by atoms with Crippen molar-refractivity contribution in [3.8, 4) is 0 Å². The Hall–Kier alpha value is -2.38. The van der Waals surface area contributed by atoms with Crippen LogP contribution in [0.5, 0.6) is 0 Å². The zero-order chi connectivity index (χ0) is 22.3. The zero-order valence-corrected chi connectivity index (χ0v) is 18.9. The standard InChI is InChI=1S/C24H24Cl2N2O4/c25-20-8-7-19(21(26)13-20)12-22(28-11-10-27-16-28)32-23-9-6-17(14-30-23)15-31-24(29)18-4-2-1-3-5-18/h1-5,7-8,10-11,13,16-17,22-23H,6,9,12,14-15H2. The highest BCUT2D eigenvalue weighted by Gasteiger charge is 2.27. The molecule has 0 radical (unpaired) electrons. The van der Waals surface area contributed by atoms with Gasteiger partial charge in [0.25, 0.3) is 0 Å². The Labute approximate surface area is 197 Å². The second-order valence-corrected chi connectivity index (χ2v) is 8.55. The fourth-order valence-electron chi connectivity index (χ4n) is 3.59. The second-order valence-electron chi connectivity index (χ2n) is 7.71. The van der Waals surface area contributed by atoms with E-state index in [0.717, 1.165) is 12.0 Å². The number of esters is 1. The zero-order valence-electron chi connectivity index (χ0n) is 17.4. The number of hydrogen-bond donors (Lipinski definition) is 0. The average Bonchev–Trinajstić information content (AvgIpc) is 3.35. The minimum absolute atomic E-state index is 0.139. The van der Waals surface area contributed by atoms with Crippen molar-refractivity contribution in [3.05, 3.63) is 88.4 Å². The van der Waals surface area contributed by atoms with E-state index >= 15 is 0 Å². The number of halogens is 2. The quantitative estimate of drug-likeness (QED) is 0.400. The normalized spacial score (nSPS) is 19.4. The summed E-state index contributed by atoms with van der Waals surface area (Å²) >= 11 is 12.4. The van der Waals surface area contributed by atoms with Gasteiger partial charge in [-0.15, -0.1) is 0 Å². The summed E-state index contributed by atoms with van der Waals surface area (Å²) in [5.74, 6) is -0.177. The van der Waals surface area contributed by atoms with Crippen molar-refractivity contribution >= 4 is 29.2 Å². The first-order valence-corrected chi connectivity index (χ1v) is 11.2. The summed E-state index contributed by atoms with van der Waals surface area (Å²) in [6.45, 7) is 0.789. The molecule has 0 N–H and O–H groups in total. The molecule has 2 aromatic carbocycles. The third kappa shape index (κ3) is 6.11. The first kappa shape index (κ1) is 22.8. The van der Waals surface area contributed by atoms with E-state index in [9.17, 15) is 4.79 Å². The molecule has 1 aliphatic rings. The maximum absolute atomic E-state index is 12.1. The molecule has 0 spiro atoms. The fraction of sp³-hybridized carbons (Fsp3) is 0.333. The van der Waals surface area contributed by atoms with Crippen LogP contribution < -0.4 is 0 Å². The summed E-state index contributed by atoms with van der Waals surface area (Å²) in [5, 5.41) is 1.18. The van der Waals surface area contributed by atoms with Crippen LogP contribution in [0.1, 0.15) is 35.0 Å². The molecular formula is C24H24Cl2N2O4. The lowest BCUT2D eigenvalue weighted by molar-refractivity contribution is -0.217. The highest BCUT2D eigenvalue weighted by molar-refractivity contribution is 6.35. The van der Waals surface area contributed by atoms with Gasteiger partial charge < -0.3 is 18.8 Å². The van der Waals surface area contributed by atoms with Crippen LogP contribution in [-0.4, -0.2) is 35.0 Å². The van der Waals surface area contributed by atoms with Gasteiger partial charge in [0.2, 0.25) is 0 Å². The second kappa shape index (κ2) is 11.0. The first-order chi connectivity index (χ1) is 15.6. The molecule has 2 heterocycles. The highest BCUT2D eigenvalue weighted by Crippen LogP contribution is 2.29. The molecule has 6 nitrogen and oxygen atoms in total. The first-order valence-electron chi connectivity index (χ1n) is 10.5. The Bertz CT molecular complexity index is 1010. The Morgan fingerprint density at radius 3 is 2.72 bits per heavy atom. The van der Waals surface area contributed by atoms with Gasteiger partial charge in [0.15, 0.2) is 6.29 Å². The van der Waals surface area contributed by atoms with Gasteiger partial charge in [-0.05, 0) is 42.7 Å². The van der Waals surface area contributed by atoms with Crippen molar-refractivity contribution in [2.24, 2.45) is 5.92 Å². The third-order valence-electron chi connectivity index (χ3n) is 5.36. The van der Waals surface area contributed by atoms with E-state index in [1.807, 2.05) is 41.1 Å². The van der Waals surface area contributed by atoms with Crippen molar-refractivity contribution in [2.75, 3.05) is 13.2 Å². The molecule has 0 amide bonds. The van der Waals surface area contributed by atoms with Crippen LogP contribution in [0, 0.1) is 5.92 Å². The maximum atomic E-state index is 12.1. The summed E-state index contributed by atoms with van der Waals surface area (Å²) in [5.41, 5.74) is 1.48. The van der Waals surface area contributed by atoms with Crippen LogP contribution in [0.3, 0.4) is 0 Å². The van der Waals surface area contributed by atoms with Crippen LogP contribution in [0.25, 0.3) is 0 Å². The maximum Gasteiger partial charge on any atom is 0.338 e. The van der Waals surface area contributed by atoms with Gasteiger partial charge in [-0.25, -0.2) is 9.78 Å². The predicted molar refractivity (Wildman–Crippen MR) is 122 cm³/mol. The van der Waals surface area contributed by atoms with E-state index in [-0.39, 0.29) is 24.4 Å². The molecule has 168 valence electrons. The molecule has 3 aromatic rings. The molecule has 0 saturated carbocycles. The van der Waals surface area contributed by atoms with Crippen LogP contribution in [0.15, 0.2) is 67.3 Å². The Kier molecular flexibility index (Phi) is 7.81. The van der Waals surface area contributed by atoms with Gasteiger partial charge in [-0.1, -0.05) is 47.5 Å². The van der Waals surface area contributed by atoms with E-state index in [0.29, 0.717) is 41.7 Å². The number of benzene rings is 2. The lowest BCUT2D eigenvalue weighted by Gasteiger charge is -2.32. The van der Waals surface area contributed by atoms with Gasteiger partial charge in [-0.3, -0.25) is 0 Å². The number of carbonyl (C=O) groups is 1. The van der Waals surface area contributed by atoms with Gasteiger partial charge >= 0.3 is 5.97 Å². The van der Waals surface area contributed by atoms with Gasteiger partial charge in [-0.2, -0.15) is 0 Å². The van der Waals surface area contributed by atoms with Crippen LogP contribution in [-0.2, 0) is 20.6 Å². The van der Waals surface area contributed by atoms with Crippen molar-refractivity contribution in [1.82, 2.24) is 9.55 Å². The average molecular weight is 475 g/mol. The predicted octanol–water partition coefficient (Wildman–Crippen LogP) is 5.56. The van der Waals surface area contributed by atoms with Crippen molar-refractivity contribution in [2.45, 2.75) is 31.8 Å². The molecule has 8 heteroatoms. The SMILES string of the molecule is O=C(OCC1CCC(OC(Cc2ccc(Cl)cc2Cl)n2ccnc2)OC1)c1ccccc1. The van der Waals surface area contributed by atoms with Crippen molar-refractivity contribution in [3.63, 3.8) is 0 Å². The molecule has 1 fully saturated rings. The summed E-state index contributed by atoms with van der Waals surface area (Å²) < 4.78 is 19.6. The Balaban J connectivity index is 1.30. The van der Waals surface area contributed by atoms with Gasteiger partial charge in [0.05, 0.1) is 25.1 Å². The number of ether oxygens (including phenoxy) is 3. The van der Waals surface area contributed by atoms with Gasteiger partial charge in [0, 0.05) is 34.8 Å². The largest absolute Gasteiger partial charge is 0.462 e. The van der Waals surface area contributed by atoms with Crippen LogP contribution >= 0.6 is 23.2 Å². The molecule has 4 rings (SSSR count). The molecule has 0 bridgehead atoms. The van der Waals surface area contributed by atoms with E-state index in [1.165, 1.54) is 0 Å². The van der Waals surface area contributed by atoms with E-state index in [4.69, 9.17) is 37.4 Å². The third-order valence-corrected chi connectivity index (χ3v) is 5.95. The number of aromatic nitrogens is 2. The molecule has 0 aliphatic carbocycles. The summed E-state index contributed by atoms with van der Waals surface area (Å²) in [6.07, 6.45) is 6.66. The topological polar surface area (TPSA) is 62.6 Å². The molecule has 1 aromatic heterocycles. The van der Waals surface area contributed by atoms with E-state index in [2.05, 4.69) is 4.98 Å². The molecule has 1 aliphatic heterocycles. The monoisotopic (exact) mass is 474 g/mol. The number of rotatable bonds is 8. The minimum atomic E-state index is -0.366. The molecular weight excluding hydrogens is 451 g/mol. The Morgan fingerprint density at radius 1 is 1.19 bits per heavy atom. The fourth-order valence-corrected chi connectivity index (χ4v) is 4.07. The van der Waals surface area contributed by atoms with Crippen LogP contribution in [0.2, 0.25) is 10.0 Å². The Morgan fingerprint density at radius 2 is 2.03 bits per heavy atom.